The van der Waals surface area contributed by atoms with E-state index in [0.717, 1.165) is 11.1 Å². The summed E-state index contributed by atoms with van der Waals surface area (Å²) in [6.07, 6.45) is 3.30. The van der Waals surface area contributed by atoms with Crippen LogP contribution in [0, 0.1) is 5.92 Å². The minimum absolute atomic E-state index is 0.0244. The molecule has 0 fully saturated rings. The number of carbonyl (C=O) groups is 1. The van der Waals surface area contributed by atoms with E-state index in [1.165, 1.54) is 4.31 Å². The zero-order valence-electron chi connectivity index (χ0n) is 23.3. The molecule has 0 aliphatic carbocycles. The maximum atomic E-state index is 13.8. The minimum atomic E-state index is -3.97. The topological polar surface area (TPSA) is 106 Å². The fourth-order valence-electron chi connectivity index (χ4n) is 4.92. The number of fused-ring (bicyclic) bond motifs is 2. The molecule has 3 aromatic carbocycles. The van der Waals surface area contributed by atoms with Crippen molar-refractivity contribution < 1.29 is 32.5 Å². The van der Waals surface area contributed by atoms with Crippen LogP contribution in [0.15, 0.2) is 71.6 Å². The highest BCUT2D eigenvalue weighted by Crippen LogP contribution is 2.35. The van der Waals surface area contributed by atoms with Gasteiger partial charge in [0.1, 0.15) is 16.7 Å². The average Bonchev–Trinajstić information content (AvgIpc) is 3.45. The summed E-state index contributed by atoms with van der Waals surface area (Å²) in [7, 11) is -2.28. The number of hydrogen-bond acceptors (Lipinski definition) is 7. The number of benzene rings is 3. The molecule has 41 heavy (non-hydrogen) atoms. The summed E-state index contributed by atoms with van der Waals surface area (Å²) >= 11 is 0. The highest BCUT2D eigenvalue weighted by atomic mass is 32.2. The molecule has 0 radical (unpaired) electrons. The van der Waals surface area contributed by atoms with Crippen molar-refractivity contribution in [3.05, 3.63) is 83.4 Å². The van der Waals surface area contributed by atoms with Gasteiger partial charge in [0, 0.05) is 31.1 Å². The molecule has 0 aromatic heterocycles. The summed E-state index contributed by atoms with van der Waals surface area (Å²) in [6.45, 7) is 3.68. The van der Waals surface area contributed by atoms with E-state index in [2.05, 4.69) is 0 Å². The second-order valence-electron chi connectivity index (χ2n) is 10.4. The van der Waals surface area contributed by atoms with Gasteiger partial charge in [-0.25, -0.2) is 8.42 Å². The average molecular weight is 579 g/mol. The van der Waals surface area contributed by atoms with Gasteiger partial charge in [0.2, 0.25) is 16.8 Å². The lowest BCUT2D eigenvalue weighted by Crippen LogP contribution is -2.50. The second-order valence-corrected chi connectivity index (χ2v) is 12.3. The fraction of sp³-hybridized carbons (Fsp3) is 0.323. The van der Waals surface area contributed by atoms with E-state index in [4.69, 9.17) is 14.2 Å². The quantitative estimate of drug-likeness (QED) is 0.421. The Morgan fingerprint density at radius 3 is 2.51 bits per heavy atom. The lowest BCUT2D eigenvalue weighted by Gasteiger charge is -2.37. The Bertz CT molecular complexity index is 1540. The molecule has 5 rings (SSSR count). The molecule has 0 spiro atoms. The van der Waals surface area contributed by atoms with Crippen molar-refractivity contribution in [2.75, 3.05) is 33.5 Å². The molecule has 2 heterocycles. The van der Waals surface area contributed by atoms with Crippen molar-refractivity contribution in [3.63, 3.8) is 0 Å². The highest BCUT2D eigenvalue weighted by Gasteiger charge is 2.38. The maximum Gasteiger partial charge on any atom is 0.253 e. The van der Waals surface area contributed by atoms with Crippen LogP contribution in [0.3, 0.4) is 0 Å². The summed E-state index contributed by atoms with van der Waals surface area (Å²) in [4.78, 5) is 14.9. The van der Waals surface area contributed by atoms with Gasteiger partial charge in [-0.3, -0.25) is 4.79 Å². The number of ether oxygens (including phenoxy) is 3. The van der Waals surface area contributed by atoms with E-state index < -0.39 is 22.2 Å². The molecular formula is C31H34N2O7S. The second kappa shape index (κ2) is 11.9. The number of amides is 1. The summed E-state index contributed by atoms with van der Waals surface area (Å²) in [6, 6.07) is 19.2. The first-order chi connectivity index (χ1) is 19.7. The maximum absolute atomic E-state index is 13.8. The predicted octanol–water partition coefficient (Wildman–Crippen LogP) is 4.13. The molecule has 2 aliphatic rings. The lowest BCUT2D eigenvalue weighted by molar-refractivity contribution is 0.0563. The number of aliphatic hydroxyl groups excluding tert-OH is 1. The van der Waals surface area contributed by atoms with Crippen molar-refractivity contribution in [2.45, 2.75) is 30.9 Å². The van der Waals surface area contributed by atoms with Gasteiger partial charge < -0.3 is 24.2 Å². The van der Waals surface area contributed by atoms with Gasteiger partial charge in [-0.1, -0.05) is 55.5 Å². The van der Waals surface area contributed by atoms with Crippen LogP contribution in [0.1, 0.15) is 35.3 Å². The Labute approximate surface area is 240 Å². The SMILES string of the molecule is C[C@@H]1CN([C@@H](C)CO)S(=O)(=O)c2ccc(/C=C/c3ccccc3)cc2O[C@H]1CN(C)C(=O)c1ccc2c(c1)OCO2. The number of nitrogens with zero attached hydrogens (tertiary/aromatic N) is 2. The lowest BCUT2D eigenvalue weighted by atomic mass is 10.0. The van der Waals surface area contributed by atoms with Gasteiger partial charge in [-0.15, -0.1) is 0 Å². The van der Waals surface area contributed by atoms with Crippen LogP contribution in [0.4, 0.5) is 0 Å². The molecule has 0 saturated carbocycles. The summed E-state index contributed by atoms with van der Waals surface area (Å²) in [5, 5.41) is 9.90. The Kier molecular flexibility index (Phi) is 8.35. The molecule has 3 aromatic rings. The molecule has 216 valence electrons. The number of rotatable bonds is 7. The summed E-state index contributed by atoms with van der Waals surface area (Å²) < 4.78 is 46.0. The van der Waals surface area contributed by atoms with E-state index in [-0.39, 0.29) is 49.0 Å². The molecule has 1 amide bonds. The molecule has 0 saturated heterocycles. The predicted molar refractivity (Wildman–Crippen MR) is 155 cm³/mol. The van der Waals surface area contributed by atoms with Crippen molar-refractivity contribution in [1.82, 2.24) is 9.21 Å². The number of sulfonamides is 1. The minimum Gasteiger partial charge on any atom is -0.487 e. The zero-order chi connectivity index (χ0) is 29.1. The Hall–Kier alpha value is -3.86. The van der Waals surface area contributed by atoms with Crippen LogP contribution < -0.4 is 14.2 Å². The third-order valence-electron chi connectivity index (χ3n) is 7.38. The van der Waals surface area contributed by atoms with E-state index in [0.29, 0.717) is 17.1 Å². The Morgan fingerprint density at radius 2 is 1.76 bits per heavy atom. The Balaban J connectivity index is 1.46. The fourth-order valence-corrected chi connectivity index (χ4v) is 6.75. The monoisotopic (exact) mass is 578 g/mol. The molecule has 1 N–H and O–H groups in total. The van der Waals surface area contributed by atoms with Crippen molar-refractivity contribution in [3.8, 4) is 17.2 Å². The van der Waals surface area contributed by atoms with E-state index in [9.17, 15) is 18.3 Å². The number of hydrogen-bond donors (Lipinski definition) is 1. The van der Waals surface area contributed by atoms with Crippen LogP contribution in [-0.4, -0.2) is 74.3 Å². The zero-order valence-corrected chi connectivity index (χ0v) is 24.1. The van der Waals surface area contributed by atoms with Gasteiger partial charge in [0.15, 0.2) is 11.5 Å². The third-order valence-corrected chi connectivity index (χ3v) is 9.40. The van der Waals surface area contributed by atoms with Gasteiger partial charge in [-0.2, -0.15) is 4.31 Å². The van der Waals surface area contributed by atoms with Crippen molar-refractivity contribution >= 4 is 28.1 Å². The van der Waals surface area contributed by atoms with E-state index in [1.807, 2.05) is 49.4 Å². The van der Waals surface area contributed by atoms with Gasteiger partial charge >= 0.3 is 0 Å². The van der Waals surface area contributed by atoms with Crippen LogP contribution in [-0.2, 0) is 10.0 Å². The molecule has 3 atom stereocenters. The van der Waals surface area contributed by atoms with E-state index in [1.54, 1.807) is 55.3 Å². The standard InChI is InChI=1S/C31H34N2O7S/c1-21-17-33(22(2)19-34)41(36,37)30-14-11-24(10-9-23-7-5-4-6-8-23)15-28(30)40-29(21)18-32(3)31(35)25-12-13-26-27(16-25)39-20-38-26/h4-16,21-22,29,34H,17-20H2,1-3H3/b10-9+/t21-,22+,29+/m1/s1. The number of carbonyl (C=O) groups excluding carboxylic acids is 1. The van der Waals surface area contributed by atoms with Crippen LogP contribution in [0.2, 0.25) is 0 Å². The molecular weight excluding hydrogens is 544 g/mol. The third kappa shape index (κ3) is 6.09. The molecule has 0 bridgehead atoms. The van der Waals surface area contributed by atoms with Crippen molar-refractivity contribution in [1.29, 1.82) is 0 Å². The van der Waals surface area contributed by atoms with E-state index >= 15 is 0 Å². The molecule has 9 nitrogen and oxygen atoms in total. The number of likely N-dealkylation sites (N-methyl/N-ethyl adjacent to an activating group) is 1. The largest absolute Gasteiger partial charge is 0.487 e. The smallest absolute Gasteiger partial charge is 0.253 e. The molecule has 2 aliphatic heterocycles. The van der Waals surface area contributed by atoms with Crippen LogP contribution in [0.5, 0.6) is 17.2 Å². The molecule has 0 unspecified atom stereocenters. The first kappa shape index (κ1) is 28.7. The van der Waals surface area contributed by atoms with Crippen LogP contribution in [0.25, 0.3) is 12.2 Å². The first-order valence-electron chi connectivity index (χ1n) is 13.5. The molecule has 10 heteroatoms. The van der Waals surface area contributed by atoms with Crippen molar-refractivity contribution in [2.24, 2.45) is 5.92 Å². The first-order valence-corrected chi connectivity index (χ1v) is 14.9. The van der Waals surface area contributed by atoms with Gasteiger partial charge in [0.25, 0.3) is 5.91 Å². The van der Waals surface area contributed by atoms with Gasteiger partial charge in [0.05, 0.1) is 13.2 Å². The summed E-state index contributed by atoms with van der Waals surface area (Å²) in [5.74, 6) is 0.783. The highest BCUT2D eigenvalue weighted by molar-refractivity contribution is 7.89. The Morgan fingerprint density at radius 1 is 1.02 bits per heavy atom. The van der Waals surface area contributed by atoms with Gasteiger partial charge in [-0.05, 0) is 48.4 Å². The summed E-state index contributed by atoms with van der Waals surface area (Å²) in [5.41, 5.74) is 2.22. The normalized spacial score (nSPS) is 20.5. The van der Waals surface area contributed by atoms with Crippen LogP contribution >= 0.6 is 0 Å². The number of aliphatic hydroxyl groups is 1.